The molecule has 0 amide bonds. The van der Waals surface area contributed by atoms with Crippen molar-refractivity contribution >= 4 is 23.5 Å². The molecule has 0 aliphatic rings. The van der Waals surface area contributed by atoms with E-state index in [2.05, 4.69) is 30.1 Å². The first-order chi connectivity index (χ1) is 9.15. The van der Waals surface area contributed by atoms with Gasteiger partial charge in [0.1, 0.15) is 5.76 Å². The zero-order valence-electron chi connectivity index (χ0n) is 11.4. The number of oxazole rings is 1. The Morgan fingerprint density at radius 2 is 2.00 bits per heavy atom. The summed E-state index contributed by atoms with van der Waals surface area (Å²) in [6, 6.07) is 6.25. The van der Waals surface area contributed by atoms with Crippen LogP contribution in [-0.4, -0.2) is 10.7 Å². The second-order valence-corrected chi connectivity index (χ2v) is 6.39. The molecule has 2 rings (SSSR count). The van der Waals surface area contributed by atoms with E-state index in [4.69, 9.17) is 10.2 Å². The highest BCUT2D eigenvalue weighted by Crippen LogP contribution is 2.35. The summed E-state index contributed by atoms with van der Waals surface area (Å²) < 4.78 is 5.62. The van der Waals surface area contributed by atoms with Gasteiger partial charge in [-0.25, -0.2) is 4.98 Å². The minimum atomic E-state index is 0.532. The van der Waals surface area contributed by atoms with E-state index in [1.807, 2.05) is 25.6 Å². The van der Waals surface area contributed by atoms with Crippen LogP contribution in [0.5, 0.6) is 0 Å². The fourth-order valence-corrected chi connectivity index (χ4v) is 3.63. The molecule has 0 aliphatic carbocycles. The maximum absolute atomic E-state index is 5.89. The van der Waals surface area contributed by atoms with Crippen LogP contribution in [0.15, 0.2) is 37.6 Å². The molecule has 0 aliphatic heterocycles. The Labute approximate surface area is 122 Å². The van der Waals surface area contributed by atoms with Gasteiger partial charge in [0.25, 0.3) is 5.22 Å². The minimum absolute atomic E-state index is 0.532. The van der Waals surface area contributed by atoms with Gasteiger partial charge in [-0.05, 0) is 49.1 Å². The Hall–Kier alpha value is -0.910. The molecule has 0 saturated heterocycles. The lowest BCUT2D eigenvalue weighted by Gasteiger charge is -2.10. The average Bonchev–Trinajstić information content (AvgIpc) is 2.69. The lowest BCUT2D eigenvalue weighted by molar-refractivity contribution is 0.431. The van der Waals surface area contributed by atoms with E-state index in [0.29, 0.717) is 11.8 Å². The monoisotopic (exact) mass is 294 g/mol. The van der Waals surface area contributed by atoms with Crippen LogP contribution in [0.4, 0.5) is 0 Å². The molecule has 1 heterocycles. The van der Waals surface area contributed by atoms with Gasteiger partial charge in [-0.15, -0.1) is 11.8 Å². The number of nitrogens with two attached hydrogens (primary N) is 1. The molecule has 0 fully saturated rings. The van der Waals surface area contributed by atoms with Gasteiger partial charge in [-0.2, -0.15) is 0 Å². The summed E-state index contributed by atoms with van der Waals surface area (Å²) in [5, 5.41) is 0.684. The van der Waals surface area contributed by atoms with Crippen LogP contribution in [0.3, 0.4) is 0 Å². The summed E-state index contributed by atoms with van der Waals surface area (Å²) in [5.74, 6) is 1.91. The standard InChI is InChI=1S/C14H18N2OS2/c1-4-18-12-6-5-7-13(11(12)8-15)19-14-16-9(2)10(3)17-14/h5-7H,4,8,15H2,1-3H3. The Morgan fingerprint density at radius 1 is 1.26 bits per heavy atom. The van der Waals surface area contributed by atoms with E-state index in [9.17, 15) is 0 Å². The Kier molecular flexibility index (Phi) is 4.96. The summed E-state index contributed by atoms with van der Waals surface area (Å²) in [7, 11) is 0. The quantitative estimate of drug-likeness (QED) is 0.844. The molecule has 0 unspecified atom stereocenters. The fraction of sp³-hybridized carbons (Fsp3) is 0.357. The number of hydrogen-bond acceptors (Lipinski definition) is 5. The van der Waals surface area contributed by atoms with E-state index < -0.39 is 0 Å². The molecule has 2 aromatic rings. The van der Waals surface area contributed by atoms with Crippen LogP contribution in [-0.2, 0) is 6.54 Å². The summed E-state index contributed by atoms with van der Waals surface area (Å²) in [6.45, 7) is 6.56. The average molecular weight is 294 g/mol. The van der Waals surface area contributed by atoms with Crippen molar-refractivity contribution in [3.05, 3.63) is 35.2 Å². The molecule has 0 spiro atoms. The van der Waals surface area contributed by atoms with Crippen LogP contribution in [0.1, 0.15) is 23.9 Å². The van der Waals surface area contributed by atoms with Crippen LogP contribution >= 0.6 is 23.5 Å². The third-order valence-electron chi connectivity index (χ3n) is 2.80. The lowest BCUT2D eigenvalue weighted by Crippen LogP contribution is -2.00. The van der Waals surface area contributed by atoms with Gasteiger partial charge < -0.3 is 10.2 Å². The molecular formula is C14H18N2OS2. The largest absolute Gasteiger partial charge is 0.436 e. The number of rotatable bonds is 5. The lowest BCUT2D eigenvalue weighted by atomic mass is 10.2. The first-order valence-electron chi connectivity index (χ1n) is 6.22. The van der Waals surface area contributed by atoms with Crippen LogP contribution < -0.4 is 5.73 Å². The molecule has 0 bridgehead atoms. The van der Waals surface area contributed by atoms with Gasteiger partial charge >= 0.3 is 0 Å². The van der Waals surface area contributed by atoms with Crippen LogP contribution in [0, 0.1) is 13.8 Å². The second kappa shape index (κ2) is 6.50. The fourth-order valence-electron chi connectivity index (χ4n) is 1.71. The molecule has 102 valence electrons. The van der Waals surface area contributed by atoms with Gasteiger partial charge in [-0.1, -0.05) is 13.0 Å². The van der Waals surface area contributed by atoms with Crippen molar-refractivity contribution < 1.29 is 4.42 Å². The number of benzene rings is 1. The molecule has 5 heteroatoms. The van der Waals surface area contributed by atoms with E-state index >= 15 is 0 Å². The molecule has 19 heavy (non-hydrogen) atoms. The molecule has 0 atom stereocenters. The highest BCUT2D eigenvalue weighted by Gasteiger charge is 2.12. The SMILES string of the molecule is CCSc1cccc(Sc2nc(C)c(C)o2)c1CN. The Morgan fingerprint density at radius 3 is 2.58 bits per heavy atom. The maximum atomic E-state index is 5.89. The number of hydrogen-bond donors (Lipinski definition) is 1. The summed E-state index contributed by atoms with van der Waals surface area (Å²) in [6.07, 6.45) is 0. The molecule has 0 radical (unpaired) electrons. The van der Waals surface area contributed by atoms with Crippen molar-refractivity contribution in [1.82, 2.24) is 4.98 Å². The number of aryl methyl sites for hydroxylation is 2. The predicted octanol–water partition coefficient (Wildman–Crippen LogP) is 4.01. The normalized spacial score (nSPS) is 10.9. The zero-order valence-corrected chi connectivity index (χ0v) is 13.0. The predicted molar refractivity (Wildman–Crippen MR) is 80.8 cm³/mol. The molecule has 0 saturated carbocycles. The Bertz CT molecular complexity index is 547. The van der Waals surface area contributed by atoms with Gasteiger partial charge in [0, 0.05) is 16.3 Å². The third kappa shape index (κ3) is 3.35. The maximum Gasteiger partial charge on any atom is 0.261 e. The summed E-state index contributed by atoms with van der Waals surface area (Å²) in [4.78, 5) is 6.78. The van der Waals surface area contributed by atoms with Crippen molar-refractivity contribution in [2.75, 3.05) is 5.75 Å². The van der Waals surface area contributed by atoms with Gasteiger partial charge in [0.2, 0.25) is 0 Å². The first kappa shape index (κ1) is 14.5. The summed E-state index contributed by atoms with van der Waals surface area (Å²) >= 11 is 3.36. The number of aromatic nitrogens is 1. The minimum Gasteiger partial charge on any atom is -0.436 e. The molecule has 2 N–H and O–H groups in total. The molecule has 3 nitrogen and oxygen atoms in total. The topological polar surface area (TPSA) is 52.0 Å². The van der Waals surface area contributed by atoms with Crippen molar-refractivity contribution in [2.24, 2.45) is 5.73 Å². The first-order valence-corrected chi connectivity index (χ1v) is 8.02. The van der Waals surface area contributed by atoms with E-state index in [1.54, 1.807) is 11.8 Å². The van der Waals surface area contributed by atoms with E-state index in [1.165, 1.54) is 10.5 Å². The van der Waals surface area contributed by atoms with Gasteiger partial charge in [-0.3, -0.25) is 0 Å². The van der Waals surface area contributed by atoms with E-state index in [0.717, 1.165) is 22.1 Å². The molecule has 1 aromatic heterocycles. The molecule has 1 aromatic carbocycles. The van der Waals surface area contributed by atoms with Crippen molar-refractivity contribution in [3.8, 4) is 0 Å². The highest BCUT2D eigenvalue weighted by atomic mass is 32.2. The Balaban J connectivity index is 2.31. The number of thioether (sulfide) groups is 1. The smallest absolute Gasteiger partial charge is 0.261 e. The van der Waals surface area contributed by atoms with Crippen LogP contribution in [0.25, 0.3) is 0 Å². The van der Waals surface area contributed by atoms with Crippen molar-refractivity contribution in [1.29, 1.82) is 0 Å². The number of nitrogens with zero attached hydrogens (tertiary/aromatic N) is 1. The van der Waals surface area contributed by atoms with Gasteiger partial charge in [0.05, 0.1) is 5.69 Å². The molecular weight excluding hydrogens is 276 g/mol. The highest BCUT2D eigenvalue weighted by molar-refractivity contribution is 8.00. The van der Waals surface area contributed by atoms with E-state index in [-0.39, 0.29) is 0 Å². The second-order valence-electron chi connectivity index (χ2n) is 4.09. The van der Waals surface area contributed by atoms with Crippen LogP contribution in [0.2, 0.25) is 0 Å². The third-order valence-corrected chi connectivity index (χ3v) is 4.73. The van der Waals surface area contributed by atoms with Gasteiger partial charge in [0.15, 0.2) is 0 Å². The summed E-state index contributed by atoms with van der Waals surface area (Å²) in [5.41, 5.74) is 8.01. The van der Waals surface area contributed by atoms with Crippen molar-refractivity contribution in [3.63, 3.8) is 0 Å². The zero-order chi connectivity index (χ0) is 13.8. The van der Waals surface area contributed by atoms with Crippen molar-refractivity contribution in [2.45, 2.75) is 42.3 Å².